The molecule has 0 N–H and O–H groups in total. The summed E-state index contributed by atoms with van der Waals surface area (Å²) in [6.07, 6.45) is 0.742. The maximum atomic E-state index is 12.8. The molecule has 0 fully saturated rings. The summed E-state index contributed by atoms with van der Waals surface area (Å²) in [5.74, 6) is 1.72. The van der Waals surface area contributed by atoms with Crippen LogP contribution in [0, 0.1) is 6.92 Å². The maximum absolute atomic E-state index is 12.8. The number of fused-ring (bicyclic) bond motifs is 1. The Labute approximate surface area is 152 Å². The number of hydrogen-bond acceptors (Lipinski definition) is 4. The van der Waals surface area contributed by atoms with Gasteiger partial charge in [0.2, 0.25) is 0 Å². The number of amides is 1. The molecule has 4 rings (SSSR count). The minimum Gasteiger partial charge on any atom is -0.328 e. The van der Waals surface area contributed by atoms with Crippen molar-refractivity contribution in [3.63, 3.8) is 0 Å². The van der Waals surface area contributed by atoms with Gasteiger partial charge in [0.1, 0.15) is 5.82 Å². The van der Waals surface area contributed by atoms with Crippen molar-refractivity contribution in [1.29, 1.82) is 0 Å². The Morgan fingerprint density at radius 3 is 2.69 bits per heavy atom. The smallest absolute Gasteiger partial charge is 0.274 e. The van der Waals surface area contributed by atoms with Gasteiger partial charge in [-0.05, 0) is 25.5 Å². The van der Waals surface area contributed by atoms with Crippen LogP contribution in [0.4, 0.5) is 0 Å². The van der Waals surface area contributed by atoms with Gasteiger partial charge >= 0.3 is 0 Å². The van der Waals surface area contributed by atoms with Gasteiger partial charge in [-0.1, -0.05) is 30.3 Å². The highest BCUT2D eigenvalue weighted by Crippen LogP contribution is 2.24. The van der Waals surface area contributed by atoms with Gasteiger partial charge in [-0.2, -0.15) is 5.10 Å². The van der Waals surface area contributed by atoms with Crippen molar-refractivity contribution in [2.24, 2.45) is 7.05 Å². The number of benzene rings is 1. The summed E-state index contributed by atoms with van der Waals surface area (Å²) < 4.78 is 3.89. The van der Waals surface area contributed by atoms with E-state index >= 15 is 0 Å². The van der Waals surface area contributed by atoms with Crippen molar-refractivity contribution >= 4 is 5.91 Å². The average molecular weight is 350 g/mol. The molecule has 26 heavy (non-hydrogen) atoms. The van der Waals surface area contributed by atoms with Crippen LogP contribution in [0.3, 0.4) is 0 Å². The normalized spacial score (nSPS) is 16.6. The van der Waals surface area contributed by atoms with E-state index in [1.165, 1.54) is 5.56 Å². The van der Waals surface area contributed by atoms with Crippen LogP contribution < -0.4 is 0 Å². The zero-order valence-corrected chi connectivity index (χ0v) is 15.3. The summed E-state index contributed by atoms with van der Waals surface area (Å²) >= 11 is 0. The van der Waals surface area contributed by atoms with Gasteiger partial charge in [0.25, 0.3) is 5.91 Å². The Morgan fingerprint density at radius 1 is 1.23 bits per heavy atom. The molecule has 1 atom stereocenters. The van der Waals surface area contributed by atoms with Gasteiger partial charge in [0, 0.05) is 25.7 Å². The molecule has 0 spiro atoms. The lowest BCUT2D eigenvalue weighted by atomic mass is 10.1. The predicted molar refractivity (Wildman–Crippen MR) is 96.7 cm³/mol. The fraction of sp³-hybridized carbons (Fsp3) is 0.368. The molecule has 3 aromatic rings. The van der Waals surface area contributed by atoms with Crippen molar-refractivity contribution in [3.05, 3.63) is 65.0 Å². The highest BCUT2D eigenvalue weighted by atomic mass is 16.2. The number of aromatic nitrogens is 5. The van der Waals surface area contributed by atoms with Gasteiger partial charge in [-0.3, -0.25) is 9.48 Å². The molecule has 0 radical (unpaired) electrons. The van der Waals surface area contributed by atoms with E-state index in [0.717, 1.165) is 23.8 Å². The molecule has 7 nitrogen and oxygen atoms in total. The molecule has 1 amide bonds. The van der Waals surface area contributed by atoms with E-state index in [9.17, 15) is 4.79 Å². The lowest BCUT2D eigenvalue weighted by Crippen LogP contribution is -2.41. The summed E-state index contributed by atoms with van der Waals surface area (Å²) in [5.41, 5.74) is 2.65. The molecule has 0 bridgehead atoms. The lowest BCUT2D eigenvalue weighted by molar-refractivity contribution is 0.0673. The van der Waals surface area contributed by atoms with E-state index in [0.29, 0.717) is 18.8 Å². The third kappa shape index (κ3) is 2.89. The standard InChI is InChI=1S/C19H22N6O/c1-13-9-16(22-23(13)3)19(26)24-11-14(2)25-17(20-21-18(25)12-24)10-15-7-5-4-6-8-15/h4-9,14H,10-12H2,1-3H3/t14-/m0/s1. The summed E-state index contributed by atoms with van der Waals surface area (Å²) in [6.45, 7) is 5.13. The summed E-state index contributed by atoms with van der Waals surface area (Å²) in [7, 11) is 1.84. The van der Waals surface area contributed by atoms with Crippen LogP contribution in [0.1, 0.15) is 46.4 Å². The second kappa shape index (κ2) is 6.40. The van der Waals surface area contributed by atoms with Crippen molar-refractivity contribution in [2.75, 3.05) is 6.54 Å². The third-order valence-electron chi connectivity index (χ3n) is 4.92. The summed E-state index contributed by atoms with van der Waals surface area (Å²) in [4.78, 5) is 14.6. The highest BCUT2D eigenvalue weighted by Gasteiger charge is 2.30. The topological polar surface area (TPSA) is 68.8 Å². The Kier molecular flexibility index (Phi) is 4.06. The number of hydrogen-bond donors (Lipinski definition) is 0. The summed E-state index contributed by atoms with van der Waals surface area (Å²) in [5, 5.41) is 13.0. The predicted octanol–water partition coefficient (Wildman–Crippen LogP) is 2.13. The first-order valence-corrected chi connectivity index (χ1v) is 8.79. The second-order valence-electron chi connectivity index (χ2n) is 6.89. The number of carbonyl (C=O) groups is 1. The molecule has 2 aromatic heterocycles. The van der Waals surface area contributed by atoms with Crippen LogP contribution in [-0.4, -0.2) is 41.9 Å². The van der Waals surface area contributed by atoms with Gasteiger partial charge in [0.15, 0.2) is 11.5 Å². The zero-order chi connectivity index (χ0) is 18.3. The van der Waals surface area contributed by atoms with Crippen LogP contribution in [0.25, 0.3) is 0 Å². The van der Waals surface area contributed by atoms with E-state index in [-0.39, 0.29) is 11.9 Å². The van der Waals surface area contributed by atoms with Gasteiger partial charge in [0.05, 0.1) is 12.6 Å². The molecule has 0 saturated heterocycles. The van der Waals surface area contributed by atoms with Crippen LogP contribution in [0.5, 0.6) is 0 Å². The van der Waals surface area contributed by atoms with Crippen molar-refractivity contribution < 1.29 is 4.79 Å². The molecule has 0 aliphatic carbocycles. The second-order valence-corrected chi connectivity index (χ2v) is 6.89. The van der Waals surface area contributed by atoms with Gasteiger partial charge < -0.3 is 9.47 Å². The van der Waals surface area contributed by atoms with E-state index in [1.807, 2.05) is 43.1 Å². The molecule has 7 heteroatoms. The Balaban J connectivity index is 1.57. The van der Waals surface area contributed by atoms with Gasteiger partial charge in [-0.25, -0.2) is 0 Å². The minimum absolute atomic E-state index is 0.0561. The quantitative estimate of drug-likeness (QED) is 0.726. The Morgan fingerprint density at radius 2 is 2.00 bits per heavy atom. The monoisotopic (exact) mass is 350 g/mol. The highest BCUT2D eigenvalue weighted by molar-refractivity contribution is 5.92. The fourth-order valence-electron chi connectivity index (χ4n) is 3.49. The van der Waals surface area contributed by atoms with Crippen molar-refractivity contribution in [2.45, 2.75) is 32.9 Å². The number of aryl methyl sites for hydroxylation is 2. The first kappa shape index (κ1) is 16.5. The largest absolute Gasteiger partial charge is 0.328 e. The lowest BCUT2D eigenvalue weighted by Gasteiger charge is -2.32. The molecule has 1 aliphatic rings. The first-order chi connectivity index (χ1) is 12.5. The molecule has 1 aliphatic heterocycles. The van der Waals surface area contributed by atoms with Crippen LogP contribution in [0.15, 0.2) is 36.4 Å². The molecule has 134 valence electrons. The van der Waals surface area contributed by atoms with Gasteiger partial charge in [-0.15, -0.1) is 10.2 Å². The summed E-state index contributed by atoms with van der Waals surface area (Å²) in [6, 6.07) is 12.2. The number of nitrogens with zero attached hydrogens (tertiary/aromatic N) is 6. The Bertz CT molecular complexity index is 923. The van der Waals surface area contributed by atoms with Crippen LogP contribution in [0.2, 0.25) is 0 Å². The third-order valence-corrected chi connectivity index (χ3v) is 4.92. The molecular formula is C19H22N6O. The van der Waals surface area contributed by atoms with E-state index in [1.54, 1.807) is 4.68 Å². The maximum Gasteiger partial charge on any atom is 0.274 e. The fourth-order valence-corrected chi connectivity index (χ4v) is 3.49. The van der Waals surface area contributed by atoms with E-state index in [2.05, 4.69) is 38.9 Å². The molecule has 0 unspecified atom stereocenters. The van der Waals surface area contributed by atoms with Crippen molar-refractivity contribution in [1.82, 2.24) is 29.4 Å². The molecule has 3 heterocycles. The SMILES string of the molecule is Cc1cc(C(=O)N2Cc3nnc(Cc4ccccc4)n3[C@@H](C)C2)nn1C. The minimum atomic E-state index is -0.0561. The van der Waals surface area contributed by atoms with Crippen LogP contribution >= 0.6 is 0 Å². The van der Waals surface area contributed by atoms with Crippen molar-refractivity contribution in [3.8, 4) is 0 Å². The van der Waals surface area contributed by atoms with E-state index < -0.39 is 0 Å². The Hall–Kier alpha value is -2.96. The number of rotatable bonds is 3. The van der Waals surface area contributed by atoms with E-state index in [4.69, 9.17) is 0 Å². The first-order valence-electron chi connectivity index (χ1n) is 8.79. The number of carbonyl (C=O) groups excluding carboxylic acids is 1. The molecular weight excluding hydrogens is 328 g/mol. The molecule has 1 aromatic carbocycles. The van der Waals surface area contributed by atoms with Crippen LogP contribution in [-0.2, 0) is 20.0 Å². The zero-order valence-electron chi connectivity index (χ0n) is 15.3. The molecule has 0 saturated carbocycles. The average Bonchev–Trinajstić information content (AvgIpc) is 3.19.